The van der Waals surface area contributed by atoms with Crippen molar-refractivity contribution in [3.05, 3.63) is 35.4 Å². The van der Waals surface area contributed by atoms with Crippen LogP contribution in [0.3, 0.4) is 0 Å². The van der Waals surface area contributed by atoms with Gasteiger partial charge in [-0.1, -0.05) is 31.2 Å². The fourth-order valence-corrected chi connectivity index (χ4v) is 2.61. The standard InChI is InChI=1S/C16H21NO3/c1-3-11-4-6-12(7-5-11)10-17(2)15(18)13-8-9-14(13)16(19)20/h4-7,13-14H,3,8-10H2,1-2H3,(H,19,20). The van der Waals surface area contributed by atoms with Crippen LogP contribution in [-0.2, 0) is 22.6 Å². The molecular formula is C16H21NO3. The quantitative estimate of drug-likeness (QED) is 0.897. The predicted octanol–water partition coefficient (Wildman–Crippen LogP) is 2.32. The van der Waals surface area contributed by atoms with Gasteiger partial charge in [-0.15, -0.1) is 0 Å². The van der Waals surface area contributed by atoms with Gasteiger partial charge in [-0.05, 0) is 30.4 Å². The number of aryl methyl sites for hydroxylation is 1. The number of hydrogen-bond donors (Lipinski definition) is 1. The number of nitrogens with zero attached hydrogens (tertiary/aromatic N) is 1. The summed E-state index contributed by atoms with van der Waals surface area (Å²) in [5.41, 5.74) is 2.34. The Kier molecular flexibility index (Phi) is 4.42. The first kappa shape index (κ1) is 14.6. The highest BCUT2D eigenvalue weighted by atomic mass is 16.4. The molecule has 0 aromatic heterocycles. The molecule has 1 N–H and O–H groups in total. The van der Waals surface area contributed by atoms with E-state index >= 15 is 0 Å². The maximum absolute atomic E-state index is 12.2. The molecule has 4 nitrogen and oxygen atoms in total. The molecule has 0 radical (unpaired) electrons. The molecule has 0 bridgehead atoms. The van der Waals surface area contributed by atoms with E-state index in [0.29, 0.717) is 19.4 Å². The van der Waals surface area contributed by atoms with Crippen molar-refractivity contribution < 1.29 is 14.7 Å². The number of rotatable bonds is 5. The topological polar surface area (TPSA) is 57.6 Å². The lowest BCUT2D eigenvalue weighted by molar-refractivity contribution is -0.156. The van der Waals surface area contributed by atoms with E-state index in [0.717, 1.165) is 12.0 Å². The molecule has 108 valence electrons. The molecule has 1 aliphatic carbocycles. The second-order valence-electron chi connectivity index (χ2n) is 5.49. The normalized spacial score (nSPS) is 21.1. The molecule has 1 amide bonds. The van der Waals surface area contributed by atoms with E-state index in [1.54, 1.807) is 11.9 Å². The van der Waals surface area contributed by atoms with Gasteiger partial charge in [0, 0.05) is 13.6 Å². The minimum atomic E-state index is -0.852. The third-order valence-corrected chi connectivity index (χ3v) is 4.14. The Hall–Kier alpha value is -1.84. The van der Waals surface area contributed by atoms with Crippen LogP contribution in [0.2, 0.25) is 0 Å². The van der Waals surface area contributed by atoms with Gasteiger partial charge >= 0.3 is 5.97 Å². The molecule has 1 fully saturated rings. The molecule has 2 rings (SSSR count). The molecule has 0 heterocycles. The lowest BCUT2D eigenvalue weighted by atomic mass is 9.73. The summed E-state index contributed by atoms with van der Waals surface area (Å²) >= 11 is 0. The number of amides is 1. The Morgan fingerprint density at radius 3 is 2.15 bits per heavy atom. The van der Waals surface area contributed by atoms with Gasteiger partial charge in [0.1, 0.15) is 0 Å². The molecule has 1 aromatic carbocycles. The smallest absolute Gasteiger partial charge is 0.307 e. The van der Waals surface area contributed by atoms with Crippen LogP contribution in [0, 0.1) is 11.8 Å². The van der Waals surface area contributed by atoms with Crippen LogP contribution in [0.25, 0.3) is 0 Å². The molecule has 1 aliphatic rings. The van der Waals surface area contributed by atoms with Crippen LogP contribution in [0.5, 0.6) is 0 Å². The van der Waals surface area contributed by atoms with Crippen molar-refractivity contribution in [3.63, 3.8) is 0 Å². The molecular weight excluding hydrogens is 254 g/mol. The minimum absolute atomic E-state index is 0.0526. The van der Waals surface area contributed by atoms with Gasteiger partial charge in [0.25, 0.3) is 0 Å². The van der Waals surface area contributed by atoms with Crippen LogP contribution in [-0.4, -0.2) is 28.9 Å². The van der Waals surface area contributed by atoms with Crippen LogP contribution in [0.1, 0.15) is 30.9 Å². The molecule has 2 atom stereocenters. The monoisotopic (exact) mass is 275 g/mol. The Labute approximate surface area is 119 Å². The molecule has 0 aliphatic heterocycles. The van der Waals surface area contributed by atoms with Crippen molar-refractivity contribution in [1.29, 1.82) is 0 Å². The Bertz CT molecular complexity index is 495. The van der Waals surface area contributed by atoms with Crippen molar-refractivity contribution in [2.24, 2.45) is 11.8 Å². The van der Waals surface area contributed by atoms with Gasteiger partial charge in [-0.3, -0.25) is 9.59 Å². The summed E-state index contributed by atoms with van der Waals surface area (Å²) in [4.78, 5) is 24.8. The van der Waals surface area contributed by atoms with Crippen molar-refractivity contribution in [1.82, 2.24) is 4.90 Å². The van der Waals surface area contributed by atoms with Gasteiger partial charge in [-0.25, -0.2) is 0 Å². The summed E-state index contributed by atoms with van der Waals surface area (Å²) in [7, 11) is 1.74. The molecule has 4 heteroatoms. The molecule has 20 heavy (non-hydrogen) atoms. The van der Waals surface area contributed by atoms with Crippen molar-refractivity contribution in [2.75, 3.05) is 7.05 Å². The summed E-state index contributed by atoms with van der Waals surface area (Å²) < 4.78 is 0. The Balaban J connectivity index is 1.95. The van der Waals surface area contributed by atoms with Crippen molar-refractivity contribution in [3.8, 4) is 0 Å². The van der Waals surface area contributed by atoms with Gasteiger partial charge in [-0.2, -0.15) is 0 Å². The highest BCUT2D eigenvalue weighted by molar-refractivity contribution is 5.86. The average Bonchev–Trinajstić information content (AvgIpc) is 2.37. The van der Waals surface area contributed by atoms with E-state index in [1.807, 2.05) is 12.1 Å². The second kappa shape index (κ2) is 6.07. The fourth-order valence-electron chi connectivity index (χ4n) is 2.61. The maximum atomic E-state index is 12.2. The summed E-state index contributed by atoms with van der Waals surface area (Å²) in [5.74, 6) is -1.74. The zero-order valence-corrected chi connectivity index (χ0v) is 12.0. The first-order chi connectivity index (χ1) is 9.52. The summed E-state index contributed by atoms with van der Waals surface area (Å²) in [6.45, 7) is 2.64. The van der Waals surface area contributed by atoms with Crippen LogP contribution in [0.4, 0.5) is 0 Å². The third-order valence-electron chi connectivity index (χ3n) is 4.14. The number of carboxylic acids is 1. The number of benzene rings is 1. The van der Waals surface area contributed by atoms with Gasteiger partial charge in [0.05, 0.1) is 11.8 Å². The van der Waals surface area contributed by atoms with Crippen LogP contribution in [0.15, 0.2) is 24.3 Å². The minimum Gasteiger partial charge on any atom is -0.481 e. The second-order valence-corrected chi connectivity index (χ2v) is 5.49. The van der Waals surface area contributed by atoms with Gasteiger partial charge in [0.15, 0.2) is 0 Å². The SMILES string of the molecule is CCc1ccc(CN(C)C(=O)C2CCC2C(=O)O)cc1. The van der Waals surface area contributed by atoms with Gasteiger partial charge < -0.3 is 10.0 Å². The Morgan fingerprint density at radius 1 is 1.15 bits per heavy atom. The molecule has 1 saturated carbocycles. The predicted molar refractivity (Wildman–Crippen MR) is 76.1 cm³/mol. The zero-order valence-electron chi connectivity index (χ0n) is 12.0. The lowest BCUT2D eigenvalue weighted by Gasteiger charge is -2.35. The molecule has 0 spiro atoms. The molecule has 2 unspecified atom stereocenters. The van der Waals surface area contributed by atoms with E-state index in [4.69, 9.17) is 5.11 Å². The van der Waals surface area contributed by atoms with Crippen LogP contribution >= 0.6 is 0 Å². The summed E-state index contributed by atoms with van der Waals surface area (Å²) in [6.07, 6.45) is 2.30. The van der Waals surface area contributed by atoms with E-state index in [2.05, 4.69) is 19.1 Å². The first-order valence-corrected chi connectivity index (χ1v) is 7.08. The number of aliphatic carboxylic acids is 1. The van der Waals surface area contributed by atoms with E-state index in [9.17, 15) is 9.59 Å². The third kappa shape index (κ3) is 3.00. The fraction of sp³-hybridized carbons (Fsp3) is 0.500. The number of carboxylic acid groups (broad SMARTS) is 1. The zero-order chi connectivity index (χ0) is 14.7. The number of carbonyl (C=O) groups is 2. The lowest BCUT2D eigenvalue weighted by Crippen LogP contribution is -2.44. The molecule has 1 aromatic rings. The van der Waals surface area contributed by atoms with E-state index in [1.165, 1.54) is 5.56 Å². The Morgan fingerprint density at radius 2 is 1.70 bits per heavy atom. The van der Waals surface area contributed by atoms with Gasteiger partial charge in [0.2, 0.25) is 5.91 Å². The highest BCUT2D eigenvalue weighted by Crippen LogP contribution is 2.35. The summed E-state index contributed by atoms with van der Waals surface area (Å²) in [5, 5.41) is 9.01. The van der Waals surface area contributed by atoms with Crippen molar-refractivity contribution in [2.45, 2.75) is 32.7 Å². The first-order valence-electron chi connectivity index (χ1n) is 7.08. The maximum Gasteiger partial charge on any atom is 0.307 e. The number of carbonyl (C=O) groups excluding carboxylic acids is 1. The van der Waals surface area contributed by atoms with E-state index < -0.39 is 11.9 Å². The highest BCUT2D eigenvalue weighted by Gasteiger charge is 2.42. The van der Waals surface area contributed by atoms with E-state index in [-0.39, 0.29) is 11.8 Å². The number of hydrogen-bond acceptors (Lipinski definition) is 2. The summed E-state index contributed by atoms with van der Waals surface area (Å²) in [6, 6.07) is 8.18. The molecule has 0 saturated heterocycles. The van der Waals surface area contributed by atoms with Crippen LogP contribution < -0.4 is 0 Å². The average molecular weight is 275 g/mol. The van der Waals surface area contributed by atoms with Crippen molar-refractivity contribution >= 4 is 11.9 Å². The largest absolute Gasteiger partial charge is 0.481 e.